The van der Waals surface area contributed by atoms with E-state index in [2.05, 4.69) is 0 Å². The van der Waals surface area contributed by atoms with Crippen molar-refractivity contribution >= 4 is 0 Å². The number of imidazole rings is 1. The second kappa shape index (κ2) is 5.36. The molecule has 1 aromatic heterocycles. The number of hydrogen-bond donors (Lipinski definition) is 2. The summed E-state index contributed by atoms with van der Waals surface area (Å²) in [7, 11) is 0. The van der Waals surface area contributed by atoms with Crippen LogP contribution in [0.1, 0.15) is 35.2 Å². The molecule has 1 aromatic carbocycles. The van der Waals surface area contributed by atoms with Crippen LogP contribution >= 0.6 is 0 Å². The van der Waals surface area contributed by atoms with E-state index in [4.69, 9.17) is 5.26 Å². The Morgan fingerprint density at radius 3 is 2.65 bits per heavy atom. The number of aromatic nitrogens is 2. The summed E-state index contributed by atoms with van der Waals surface area (Å²) in [6.07, 6.45) is -4.19. The molecule has 2 atom stereocenters. The van der Waals surface area contributed by atoms with E-state index in [1.807, 2.05) is 0 Å². The lowest BCUT2D eigenvalue weighted by molar-refractivity contribution is -0.137. The number of rotatable bonds is 1. The van der Waals surface area contributed by atoms with Gasteiger partial charge in [0.1, 0.15) is 0 Å². The first-order chi connectivity index (χ1) is 12.2. The van der Waals surface area contributed by atoms with Crippen LogP contribution in [0.4, 0.5) is 13.2 Å². The Hall–Kier alpha value is -2.77. The molecule has 136 valence electrons. The van der Waals surface area contributed by atoms with Gasteiger partial charge < -0.3 is 10.3 Å². The standard InChI is InChI=1S/C16H13F3N4O3/c17-16(18,19)12-4-10(2-1-8(12)5-20)23-14(24)13-9-3-11(7-21(26)6-9)22(13)15(23)25/h1-2,4,9,11,24,26H,3,6-7H2/t9-,11+/m1/s1. The normalized spacial score (nSPS) is 22.3. The molecule has 1 saturated heterocycles. The second-order valence-corrected chi connectivity index (χ2v) is 6.49. The van der Waals surface area contributed by atoms with Gasteiger partial charge in [-0.3, -0.25) is 4.57 Å². The third kappa shape index (κ3) is 2.24. The molecule has 0 aliphatic carbocycles. The van der Waals surface area contributed by atoms with Gasteiger partial charge in [0.05, 0.1) is 34.6 Å². The maximum Gasteiger partial charge on any atom is 0.417 e. The molecule has 0 amide bonds. The summed E-state index contributed by atoms with van der Waals surface area (Å²) < 4.78 is 41.7. The number of hydroxylamine groups is 2. The van der Waals surface area contributed by atoms with E-state index in [-0.39, 0.29) is 30.7 Å². The van der Waals surface area contributed by atoms with Crippen molar-refractivity contribution in [3.63, 3.8) is 0 Å². The van der Waals surface area contributed by atoms with Crippen molar-refractivity contribution < 1.29 is 23.5 Å². The van der Waals surface area contributed by atoms with Crippen LogP contribution in [0.15, 0.2) is 23.0 Å². The number of nitrogens with zero attached hydrogens (tertiary/aromatic N) is 4. The summed E-state index contributed by atoms with van der Waals surface area (Å²) in [4.78, 5) is 12.8. The van der Waals surface area contributed by atoms with Crippen molar-refractivity contribution in [2.75, 3.05) is 13.1 Å². The molecule has 26 heavy (non-hydrogen) atoms. The van der Waals surface area contributed by atoms with Crippen LogP contribution in [0.3, 0.4) is 0 Å². The lowest BCUT2D eigenvalue weighted by Crippen LogP contribution is -2.36. The SMILES string of the molecule is N#Cc1ccc(-n2c(O)c3n(c2=O)[C@H]2C[C@@H]3CN(O)C2)cc1C(F)(F)F. The third-order valence-corrected chi connectivity index (χ3v) is 4.95. The molecule has 10 heteroatoms. The van der Waals surface area contributed by atoms with Crippen molar-refractivity contribution in [1.29, 1.82) is 5.26 Å². The van der Waals surface area contributed by atoms with Gasteiger partial charge in [-0.1, -0.05) is 0 Å². The summed E-state index contributed by atoms with van der Waals surface area (Å²) in [5, 5.41) is 30.2. The largest absolute Gasteiger partial charge is 0.493 e. The predicted octanol–water partition coefficient (Wildman–Crippen LogP) is 1.97. The maximum absolute atomic E-state index is 13.2. The molecule has 2 aliphatic heterocycles. The molecule has 1 fully saturated rings. The summed E-state index contributed by atoms with van der Waals surface area (Å²) in [5.41, 5.74) is -2.25. The van der Waals surface area contributed by atoms with E-state index in [0.717, 1.165) is 15.7 Å². The highest BCUT2D eigenvalue weighted by molar-refractivity contribution is 5.50. The van der Waals surface area contributed by atoms with Crippen molar-refractivity contribution in [1.82, 2.24) is 14.2 Å². The third-order valence-electron chi connectivity index (χ3n) is 4.95. The van der Waals surface area contributed by atoms with Crippen LogP contribution in [0, 0.1) is 11.3 Å². The number of fused-ring (bicyclic) bond motifs is 5. The zero-order valence-corrected chi connectivity index (χ0v) is 13.2. The highest BCUT2D eigenvalue weighted by Gasteiger charge is 2.43. The zero-order chi connectivity index (χ0) is 18.8. The molecule has 2 aliphatic rings. The van der Waals surface area contributed by atoms with Gasteiger partial charge >= 0.3 is 11.9 Å². The van der Waals surface area contributed by atoms with Gasteiger partial charge in [0.15, 0.2) is 0 Å². The second-order valence-electron chi connectivity index (χ2n) is 6.49. The average molecular weight is 366 g/mol. The molecule has 2 bridgehead atoms. The Bertz CT molecular complexity index is 1000. The van der Waals surface area contributed by atoms with Crippen LogP contribution in [0.2, 0.25) is 0 Å². The molecule has 3 heterocycles. The molecular weight excluding hydrogens is 353 g/mol. The summed E-state index contributed by atoms with van der Waals surface area (Å²) >= 11 is 0. The monoisotopic (exact) mass is 366 g/mol. The van der Waals surface area contributed by atoms with Crippen LogP contribution in [0.25, 0.3) is 5.69 Å². The minimum absolute atomic E-state index is 0.167. The number of alkyl halides is 3. The maximum atomic E-state index is 13.2. The van der Waals surface area contributed by atoms with Gasteiger partial charge in [-0.15, -0.1) is 0 Å². The molecular formula is C16H13F3N4O3. The Morgan fingerprint density at radius 1 is 1.27 bits per heavy atom. The minimum atomic E-state index is -4.77. The number of benzene rings is 1. The van der Waals surface area contributed by atoms with Crippen molar-refractivity contribution in [3.8, 4) is 17.6 Å². The zero-order valence-electron chi connectivity index (χ0n) is 13.2. The quantitative estimate of drug-likeness (QED) is 0.805. The number of aromatic hydroxyl groups is 1. The minimum Gasteiger partial charge on any atom is -0.493 e. The van der Waals surface area contributed by atoms with Gasteiger partial charge in [-0.2, -0.15) is 23.5 Å². The fraction of sp³-hybridized carbons (Fsp3) is 0.375. The van der Waals surface area contributed by atoms with Crippen molar-refractivity contribution in [2.24, 2.45) is 0 Å². The van der Waals surface area contributed by atoms with Gasteiger partial charge in [-0.25, -0.2) is 9.36 Å². The topological polar surface area (TPSA) is 94.4 Å². The molecule has 7 nitrogen and oxygen atoms in total. The Labute approximate surface area is 144 Å². The van der Waals surface area contributed by atoms with Crippen LogP contribution in [-0.4, -0.2) is 37.6 Å². The molecule has 0 spiro atoms. The van der Waals surface area contributed by atoms with E-state index < -0.39 is 28.9 Å². The summed E-state index contributed by atoms with van der Waals surface area (Å²) in [6.45, 7) is 0.433. The molecule has 0 saturated carbocycles. The summed E-state index contributed by atoms with van der Waals surface area (Å²) in [6, 6.07) is 3.98. The molecule has 4 rings (SSSR count). The Kier molecular flexibility index (Phi) is 3.44. The van der Waals surface area contributed by atoms with Gasteiger partial charge in [0.25, 0.3) is 0 Å². The smallest absolute Gasteiger partial charge is 0.417 e. The lowest BCUT2D eigenvalue weighted by atomic mass is 9.98. The average Bonchev–Trinajstić information content (AvgIpc) is 2.99. The van der Waals surface area contributed by atoms with E-state index >= 15 is 0 Å². The van der Waals surface area contributed by atoms with Gasteiger partial charge in [0, 0.05) is 19.0 Å². The van der Waals surface area contributed by atoms with Crippen LogP contribution in [-0.2, 0) is 6.18 Å². The van der Waals surface area contributed by atoms with E-state index in [1.165, 1.54) is 16.7 Å². The fourth-order valence-electron chi connectivity index (χ4n) is 3.93. The highest BCUT2D eigenvalue weighted by atomic mass is 19.4. The van der Waals surface area contributed by atoms with E-state index in [1.54, 1.807) is 0 Å². The Morgan fingerprint density at radius 2 is 2.00 bits per heavy atom. The molecule has 0 unspecified atom stereocenters. The van der Waals surface area contributed by atoms with Gasteiger partial charge in [0.2, 0.25) is 5.88 Å². The predicted molar refractivity (Wildman–Crippen MR) is 81.2 cm³/mol. The highest BCUT2D eigenvalue weighted by Crippen LogP contribution is 2.44. The number of hydrogen-bond acceptors (Lipinski definition) is 5. The Balaban J connectivity index is 1.90. The molecule has 0 radical (unpaired) electrons. The fourth-order valence-corrected chi connectivity index (χ4v) is 3.93. The van der Waals surface area contributed by atoms with Crippen molar-refractivity contribution in [3.05, 3.63) is 45.5 Å². The first kappa shape index (κ1) is 16.7. The van der Waals surface area contributed by atoms with E-state index in [9.17, 15) is 28.3 Å². The van der Waals surface area contributed by atoms with Crippen molar-refractivity contribution in [2.45, 2.75) is 24.6 Å². The first-order valence-electron chi connectivity index (χ1n) is 7.84. The molecule has 2 aromatic rings. The van der Waals surface area contributed by atoms with Crippen LogP contribution < -0.4 is 5.69 Å². The van der Waals surface area contributed by atoms with Crippen LogP contribution in [0.5, 0.6) is 5.88 Å². The summed E-state index contributed by atoms with van der Waals surface area (Å²) in [5.74, 6) is -0.719. The lowest BCUT2D eigenvalue weighted by Gasteiger charge is -2.26. The molecule has 2 N–H and O–H groups in total. The first-order valence-corrected chi connectivity index (χ1v) is 7.84. The van der Waals surface area contributed by atoms with E-state index in [0.29, 0.717) is 18.2 Å². The number of nitriles is 1. The number of halogens is 3. The number of piperidine rings is 1. The van der Waals surface area contributed by atoms with Gasteiger partial charge in [-0.05, 0) is 24.6 Å².